The van der Waals surface area contributed by atoms with Crippen molar-refractivity contribution in [3.05, 3.63) is 42.0 Å². The fourth-order valence-electron chi connectivity index (χ4n) is 1.61. The van der Waals surface area contributed by atoms with Gasteiger partial charge in [0.15, 0.2) is 0 Å². The van der Waals surface area contributed by atoms with Crippen LogP contribution in [0.5, 0.6) is 0 Å². The number of anilines is 1. The van der Waals surface area contributed by atoms with Gasteiger partial charge in [0.05, 0.1) is 0 Å². The first kappa shape index (κ1) is 11.8. The normalized spacial score (nSPS) is 10.6. The molecular formula is C13H20N2. The summed E-state index contributed by atoms with van der Waals surface area (Å²) in [5.74, 6) is 0. The van der Waals surface area contributed by atoms with Crippen molar-refractivity contribution in [3.8, 4) is 0 Å². The SMILES string of the molecule is C=C(C)CN(CC)Cc1cccc(N)c1. The van der Waals surface area contributed by atoms with E-state index >= 15 is 0 Å². The standard InChI is InChI=1S/C13H20N2/c1-4-15(9-11(2)3)10-12-6-5-7-13(14)8-12/h5-8H,2,4,9-10,14H2,1,3H3. The van der Waals surface area contributed by atoms with E-state index in [1.165, 1.54) is 11.1 Å². The molecule has 0 unspecified atom stereocenters. The smallest absolute Gasteiger partial charge is 0.0317 e. The average Bonchev–Trinajstić information content (AvgIpc) is 2.16. The first-order valence-corrected chi connectivity index (χ1v) is 5.33. The van der Waals surface area contributed by atoms with Crippen LogP contribution in [0.15, 0.2) is 36.4 Å². The van der Waals surface area contributed by atoms with Crippen molar-refractivity contribution in [1.82, 2.24) is 4.90 Å². The second-order valence-corrected chi connectivity index (χ2v) is 4.01. The summed E-state index contributed by atoms with van der Waals surface area (Å²) in [6.07, 6.45) is 0. The van der Waals surface area contributed by atoms with E-state index in [9.17, 15) is 0 Å². The predicted octanol–water partition coefficient (Wildman–Crippen LogP) is 2.67. The zero-order valence-corrected chi connectivity index (χ0v) is 9.66. The van der Waals surface area contributed by atoms with E-state index in [1.807, 2.05) is 18.2 Å². The van der Waals surface area contributed by atoms with Crippen LogP contribution in [0.3, 0.4) is 0 Å². The third-order valence-corrected chi connectivity index (χ3v) is 2.30. The van der Waals surface area contributed by atoms with Crippen molar-refractivity contribution >= 4 is 5.69 Å². The Kier molecular flexibility index (Phi) is 4.37. The monoisotopic (exact) mass is 204 g/mol. The number of likely N-dealkylation sites (N-methyl/N-ethyl adjacent to an activating group) is 1. The molecule has 0 fully saturated rings. The van der Waals surface area contributed by atoms with Gasteiger partial charge in [-0.25, -0.2) is 0 Å². The van der Waals surface area contributed by atoms with Gasteiger partial charge in [-0.3, -0.25) is 4.90 Å². The van der Waals surface area contributed by atoms with Crippen molar-refractivity contribution in [2.24, 2.45) is 0 Å². The Labute approximate surface area is 92.4 Å². The Morgan fingerprint density at radius 1 is 1.47 bits per heavy atom. The van der Waals surface area contributed by atoms with Gasteiger partial charge in [-0.2, -0.15) is 0 Å². The summed E-state index contributed by atoms with van der Waals surface area (Å²) in [5.41, 5.74) is 9.03. The van der Waals surface area contributed by atoms with Crippen LogP contribution >= 0.6 is 0 Å². The van der Waals surface area contributed by atoms with Gasteiger partial charge in [-0.15, -0.1) is 0 Å². The number of rotatable bonds is 5. The summed E-state index contributed by atoms with van der Waals surface area (Å²) in [5, 5.41) is 0. The third-order valence-electron chi connectivity index (χ3n) is 2.30. The van der Waals surface area contributed by atoms with Gasteiger partial charge < -0.3 is 5.73 Å². The molecule has 2 N–H and O–H groups in total. The minimum Gasteiger partial charge on any atom is -0.399 e. The summed E-state index contributed by atoms with van der Waals surface area (Å²) < 4.78 is 0. The Hall–Kier alpha value is -1.28. The largest absolute Gasteiger partial charge is 0.399 e. The molecule has 0 aliphatic rings. The molecule has 0 radical (unpaired) electrons. The van der Waals surface area contributed by atoms with Crippen LogP contribution in [-0.2, 0) is 6.54 Å². The topological polar surface area (TPSA) is 29.3 Å². The number of hydrogen-bond donors (Lipinski definition) is 1. The van der Waals surface area contributed by atoms with E-state index in [0.29, 0.717) is 0 Å². The van der Waals surface area contributed by atoms with Crippen molar-refractivity contribution in [3.63, 3.8) is 0 Å². The van der Waals surface area contributed by atoms with E-state index < -0.39 is 0 Å². The van der Waals surface area contributed by atoms with Crippen molar-refractivity contribution in [2.75, 3.05) is 18.8 Å². The minimum absolute atomic E-state index is 0.832. The number of nitrogens with two attached hydrogens (primary N) is 1. The van der Waals surface area contributed by atoms with Crippen LogP contribution in [0.25, 0.3) is 0 Å². The molecule has 0 atom stereocenters. The molecule has 0 aromatic heterocycles. The van der Waals surface area contributed by atoms with Gasteiger partial charge in [-0.05, 0) is 31.2 Å². The molecule has 15 heavy (non-hydrogen) atoms. The lowest BCUT2D eigenvalue weighted by Crippen LogP contribution is -2.24. The predicted molar refractivity (Wildman–Crippen MR) is 66.6 cm³/mol. The van der Waals surface area contributed by atoms with Gasteiger partial charge in [0.2, 0.25) is 0 Å². The first-order chi connectivity index (χ1) is 7.11. The summed E-state index contributed by atoms with van der Waals surface area (Å²) in [6, 6.07) is 8.05. The number of benzene rings is 1. The van der Waals surface area contributed by atoms with Crippen molar-refractivity contribution in [1.29, 1.82) is 0 Å². The maximum absolute atomic E-state index is 5.74. The molecule has 2 nitrogen and oxygen atoms in total. The van der Waals surface area contributed by atoms with Crippen molar-refractivity contribution in [2.45, 2.75) is 20.4 Å². The zero-order valence-electron chi connectivity index (χ0n) is 9.66. The second-order valence-electron chi connectivity index (χ2n) is 4.01. The Morgan fingerprint density at radius 3 is 2.73 bits per heavy atom. The van der Waals surface area contributed by atoms with Gasteiger partial charge in [0, 0.05) is 18.8 Å². The van der Waals surface area contributed by atoms with E-state index in [4.69, 9.17) is 5.73 Å². The zero-order chi connectivity index (χ0) is 11.3. The molecule has 0 aliphatic heterocycles. The molecule has 1 rings (SSSR count). The Bertz CT molecular complexity index is 331. The molecule has 0 amide bonds. The van der Waals surface area contributed by atoms with Gasteiger partial charge in [-0.1, -0.05) is 31.2 Å². The maximum atomic E-state index is 5.74. The molecule has 0 bridgehead atoms. The third kappa shape index (κ3) is 4.17. The van der Waals surface area contributed by atoms with E-state index in [2.05, 4.69) is 31.4 Å². The van der Waals surface area contributed by atoms with Crippen LogP contribution < -0.4 is 5.73 Å². The first-order valence-electron chi connectivity index (χ1n) is 5.33. The number of nitrogens with zero attached hydrogens (tertiary/aromatic N) is 1. The average molecular weight is 204 g/mol. The highest BCUT2D eigenvalue weighted by Gasteiger charge is 2.03. The molecule has 0 saturated heterocycles. The van der Waals surface area contributed by atoms with Crippen molar-refractivity contribution < 1.29 is 0 Å². The highest BCUT2D eigenvalue weighted by Crippen LogP contribution is 2.10. The maximum Gasteiger partial charge on any atom is 0.0317 e. The molecule has 0 heterocycles. The van der Waals surface area contributed by atoms with Crippen LogP contribution in [0, 0.1) is 0 Å². The molecule has 1 aromatic rings. The minimum atomic E-state index is 0.832. The van der Waals surface area contributed by atoms with Crippen LogP contribution in [-0.4, -0.2) is 18.0 Å². The molecule has 2 heteroatoms. The van der Waals surface area contributed by atoms with E-state index in [1.54, 1.807) is 0 Å². The lowest BCUT2D eigenvalue weighted by atomic mass is 10.2. The Morgan fingerprint density at radius 2 is 2.20 bits per heavy atom. The summed E-state index contributed by atoms with van der Waals surface area (Å²) in [6.45, 7) is 11.1. The summed E-state index contributed by atoms with van der Waals surface area (Å²) >= 11 is 0. The molecule has 1 aromatic carbocycles. The molecule has 0 saturated carbocycles. The summed E-state index contributed by atoms with van der Waals surface area (Å²) in [4.78, 5) is 2.34. The number of nitrogen functional groups attached to an aromatic ring is 1. The fourth-order valence-corrected chi connectivity index (χ4v) is 1.61. The molecule has 0 spiro atoms. The van der Waals surface area contributed by atoms with Gasteiger partial charge in [0.25, 0.3) is 0 Å². The summed E-state index contributed by atoms with van der Waals surface area (Å²) in [7, 11) is 0. The van der Waals surface area contributed by atoms with E-state index in [-0.39, 0.29) is 0 Å². The van der Waals surface area contributed by atoms with Crippen LogP contribution in [0.2, 0.25) is 0 Å². The van der Waals surface area contributed by atoms with Crippen LogP contribution in [0.1, 0.15) is 19.4 Å². The lowest BCUT2D eigenvalue weighted by Gasteiger charge is -2.20. The Balaban J connectivity index is 2.62. The number of hydrogen-bond acceptors (Lipinski definition) is 2. The van der Waals surface area contributed by atoms with Gasteiger partial charge >= 0.3 is 0 Å². The highest BCUT2D eigenvalue weighted by molar-refractivity contribution is 5.40. The fraction of sp³-hybridized carbons (Fsp3) is 0.385. The lowest BCUT2D eigenvalue weighted by molar-refractivity contribution is 0.304. The quantitative estimate of drug-likeness (QED) is 0.590. The second kappa shape index (κ2) is 5.56. The molecule has 82 valence electrons. The van der Waals surface area contributed by atoms with Crippen LogP contribution in [0.4, 0.5) is 5.69 Å². The highest BCUT2D eigenvalue weighted by atomic mass is 15.1. The molecule has 0 aliphatic carbocycles. The molecular weight excluding hydrogens is 184 g/mol. The van der Waals surface area contributed by atoms with Gasteiger partial charge in [0.1, 0.15) is 0 Å². The van der Waals surface area contributed by atoms with E-state index in [0.717, 1.165) is 25.3 Å².